The quantitative estimate of drug-likeness (QED) is 0.563. The second-order valence-corrected chi connectivity index (χ2v) is 4.96. The molecule has 0 bridgehead atoms. The van der Waals surface area contributed by atoms with Gasteiger partial charge in [0.2, 0.25) is 0 Å². The van der Waals surface area contributed by atoms with Crippen LogP contribution in [0.4, 0.5) is 0 Å². The number of carbonyl (C=O) groups is 3. The molecule has 0 aromatic heterocycles. The fourth-order valence-electron chi connectivity index (χ4n) is 1.77. The Bertz CT molecular complexity index is 326. The minimum atomic E-state index is -1.13. The molecule has 1 rings (SSSR count). The van der Waals surface area contributed by atoms with E-state index in [9.17, 15) is 14.4 Å². The highest BCUT2D eigenvalue weighted by Crippen LogP contribution is 2.31. The molecule has 1 aliphatic carbocycles. The minimum absolute atomic E-state index is 0.140. The molecule has 0 aromatic carbocycles. The second kappa shape index (κ2) is 4.23. The zero-order chi connectivity index (χ0) is 12.5. The van der Waals surface area contributed by atoms with Crippen molar-refractivity contribution in [2.24, 2.45) is 11.8 Å². The highest BCUT2D eigenvalue weighted by Gasteiger charge is 2.45. The van der Waals surface area contributed by atoms with Gasteiger partial charge in [-0.15, -0.1) is 0 Å². The molecule has 0 heterocycles. The number of esters is 1. The minimum Gasteiger partial charge on any atom is -0.481 e. The summed E-state index contributed by atoms with van der Waals surface area (Å²) in [7, 11) is 0. The maximum absolute atomic E-state index is 11.7. The van der Waals surface area contributed by atoms with Crippen LogP contribution in [0.3, 0.4) is 0 Å². The van der Waals surface area contributed by atoms with E-state index < -0.39 is 29.4 Å². The van der Waals surface area contributed by atoms with E-state index in [1.807, 2.05) is 0 Å². The number of ether oxygens (including phenoxy) is 1. The van der Waals surface area contributed by atoms with Gasteiger partial charge in [-0.3, -0.25) is 14.4 Å². The monoisotopic (exact) mass is 228 g/mol. The Morgan fingerprint density at radius 3 is 2.38 bits per heavy atom. The van der Waals surface area contributed by atoms with Crippen molar-refractivity contribution in [1.29, 1.82) is 0 Å². The summed E-state index contributed by atoms with van der Waals surface area (Å²) in [4.78, 5) is 34.0. The molecule has 0 spiro atoms. The fourth-order valence-corrected chi connectivity index (χ4v) is 1.77. The lowest BCUT2D eigenvalue weighted by atomic mass is 9.95. The van der Waals surface area contributed by atoms with E-state index in [1.165, 1.54) is 0 Å². The predicted octanol–water partition coefficient (Wildman–Crippen LogP) is 1.01. The van der Waals surface area contributed by atoms with E-state index >= 15 is 0 Å². The molecule has 90 valence electrons. The molecule has 5 heteroatoms. The summed E-state index contributed by atoms with van der Waals surface area (Å²) >= 11 is 0. The van der Waals surface area contributed by atoms with Crippen LogP contribution in [0.2, 0.25) is 0 Å². The van der Waals surface area contributed by atoms with Gasteiger partial charge in [0, 0.05) is 6.42 Å². The zero-order valence-corrected chi connectivity index (χ0v) is 9.65. The van der Waals surface area contributed by atoms with Gasteiger partial charge in [0.25, 0.3) is 0 Å². The topological polar surface area (TPSA) is 80.7 Å². The maximum atomic E-state index is 11.7. The van der Waals surface area contributed by atoms with Gasteiger partial charge in [-0.2, -0.15) is 0 Å². The number of hydrogen-bond acceptors (Lipinski definition) is 4. The van der Waals surface area contributed by atoms with Crippen LogP contribution >= 0.6 is 0 Å². The van der Waals surface area contributed by atoms with Gasteiger partial charge in [0.05, 0.1) is 5.92 Å². The molecule has 0 unspecified atom stereocenters. The zero-order valence-electron chi connectivity index (χ0n) is 9.65. The Labute approximate surface area is 93.8 Å². The van der Waals surface area contributed by atoms with Crippen molar-refractivity contribution >= 4 is 17.7 Å². The lowest BCUT2D eigenvalue weighted by Gasteiger charge is -2.22. The highest BCUT2D eigenvalue weighted by molar-refractivity contribution is 6.04. The lowest BCUT2D eigenvalue weighted by Crippen LogP contribution is -2.35. The molecule has 5 nitrogen and oxygen atoms in total. The number of rotatable bonds is 2. The molecule has 0 aliphatic heterocycles. The van der Waals surface area contributed by atoms with Gasteiger partial charge in [-0.1, -0.05) is 0 Å². The van der Waals surface area contributed by atoms with Crippen molar-refractivity contribution in [1.82, 2.24) is 0 Å². The second-order valence-electron chi connectivity index (χ2n) is 4.96. The summed E-state index contributed by atoms with van der Waals surface area (Å²) in [6, 6.07) is 0. The van der Waals surface area contributed by atoms with Crippen molar-refractivity contribution < 1.29 is 24.2 Å². The first-order valence-corrected chi connectivity index (χ1v) is 5.21. The Morgan fingerprint density at radius 1 is 1.38 bits per heavy atom. The van der Waals surface area contributed by atoms with Crippen LogP contribution in [0.1, 0.15) is 33.6 Å². The molecule has 1 fully saturated rings. The first kappa shape index (κ1) is 12.7. The first-order chi connectivity index (χ1) is 7.22. The fraction of sp³-hybridized carbons (Fsp3) is 0.727. The molecular weight excluding hydrogens is 212 g/mol. The molecule has 1 N–H and O–H groups in total. The van der Waals surface area contributed by atoms with E-state index in [-0.39, 0.29) is 18.6 Å². The number of ketones is 1. The molecule has 1 saturated carbocycles. The lowest BCUT2D eigenvalue weighted by molar-refractivity contribution is -0.166. The summed E-state index contributed by atoms with van der Waals surface area (Å²) in [6.07, 6.45) is 0.360. The molecule has 0 aromatic rings. The van der Waals surface area contributed by atoms with Crippen molar-refractivity contribution in [3.8, 4) is 0 Å². The van der Waals surface area contributed by atoms with Crippen molar-refractivity contribution in [2.45, 2.75) is 39.2 Å². The van der Waals surface area contributed by atoms with Crippen LogP contribution in [0, 0.1) is 11.8 Å². The Hall–Kier alpha value is -1.39. The van der Waals surface area contributed by atoms with E-state index in [1.54, 1.807) is 20.8 Å². The van der Waals surface area contributed by atoms with Gasteiger partial charge >= 0.3 is 11.9 Å². The predicted molar refractivity (Wildman–Crippen MR) is 54.7 cm³/mol. The molecular formula is C11H16O5. The van der Waals surface area contributed by atoms with E-state index in [4.69, 9.17) is 9.84 Å². The number of carboxylic acid groups (broad SMARTS) is 1. The molecule has 0 radical (unpaired) electrons. The summed E-state index contributed by atoms with van der Waals surface area (Å²) in [5, 5.41) is 8.89. The average molecular weight is 228 g/mol. The summed E-state index contributed by atoms with van der Waals surface area (Å²) < 4.78 is 5.05. The summed E-state index contributed by atoms with van der Waals surface area (Å²) in [5.41, 5.74) is -0.705. The van der Waals surface area contributed by atoms with Gasteiger partial charge < -0.3 is 9.84 Å². The molecule has 0 saturated heterocycles. The van der Waals surface area contributed by atoms with E-state index in [0.29, 0.717) is 0 Å². The average Bonchev–Trinajstić information content (AvgIpc) is 2.43. The number of aliphatic carboxylic acids is 1. The standard InChI is InChI=1S/C11H16O5/c1-11(2,3)16-10(15)8-6(9(13)14)4-5-7(8)12/h6,8H,4-5H2,1-3H3,(H,13,14)/t6-,8+/m0/s1. The smallest absolute Gasteiger partial charge is 0.317 e. The molecule has 0 amide bonds. The van der Waals surface area contributed by atoms with Crippen LogP contribution in [-0.4, -0.2) is 28.4 Å². The van der Waals surface area contributed by atoms with Crippen molar-refractivity contribution in [2.75, 3.05) is 0 Å². The van der Waals surface area contributed by atoms with Crippen molar-refractivity contribution in [3.63, 3.8) is 0 Å². The SMILES string of the molecule is CC(C)(C)OC(=O)[C@H]1C(=O)CC[C@@H]1C(=O)O. The Morgan fingerprint density at radius 2 is 1.94 bits per heavy atom. The van der Waals surface area contributed by atoms with Gasteiger partial charge in [0.1, 0.15) is 17.3 Å². The highest BCUT2D eigenvalue weighted by atomic mass is 16.6. The van der Waals surface area contributed by atoms with E-state index in [2.05, 4.69) is 0 Å². The normalized spacial score (nSPS) is 25.6. The molecule has 16 heavy (non-hydrogen) atoms. The molecule has 2 atom stereocenters. The van der Waals surface area contributed by atoms with Gasteiger partial charge in [-0.05, 0) is 27.2 Å². The van der Waals surface area contributed by atoms with Crippen LogP contribution in [0.25, 0.3) is 0 Å². The third-order valence-corrected chi connectivity index (χ3v) is 2.43. The Balaban J connectivity index is 2.80. The number of hydrogen-bond donors (Lipinski definition) is 1. The largest absolute Gasteiger partial charge is 0.481 e. The molecule has 1 aliphatic rings. The van der Waals surface area contributed by atoms with E-state index in [0.717, 1.165) is 0 Å². The van der Waals surface area contributed by atoms with Gasteiger partial charge in [-0.25, -0.2) is 0 Å². The number of Topliss-reactive ketones (excluding diaryl/α,β-unsaturated/α-hetero) is 1. The maximum Gasteiger partial charge on any atom is 0.317 e. The van der Waals surface area contributed by atoms with Gasteiger partial charge in [0.15, 0.2) is 0 Å². The Kier molecular flexibility index (Phi) is 3.35. The number of carbonyl (C=O) groups excluding carboxylic acids is 2. The van der Waals surface area contributed by atoms with Crippen molar-refractivity contribution in [3.05, 3.63) is 0 Å². The number of carboxylic acids is 1. The summed E-state index contributed by atoms with van der Waals surface area (Å²) in [5.74, 6) is -4.22. The summed E-state index contributed by atoms with van der Waals surface area (Å²) in [6.45, 7) is 5.04. The van der Waals surface area contributed by atoms with Crippen LogP contribution in [0.15, 0.2) is 0 Å². The van der Waals surface area contributed by atoms with Crippen LogP contribution in [0.5, 0.6) is 0 Å². The third kappa shape index (κ3) is 2.81. The third-order valence-electron chi connectivity index (χ3n) is 2.43. The first-order valence-electron chi connectivity index (χ1n) is 5.21. The van der Waals surface area contributed by atoms with Crippen LogP contribution in [-0.2, 0) is 19.1 Å². The van der Waals surface area contributed by atoms with Crippen LogP contribution < -0.4 is 0 Å².